The normalized spacial score (nSPS) is 15.7. The third kappa shape index (κ3) is 4.44. The molecule has 0 saturated heterocycles. The van der Waals surface area contributed by atoms with Gasteiger partial charge in [0.2, 0.25) is 5.88 Å². The molecule has 29 heavy (non-hydrogen) atoms. The molecule has 0 spiro atoms. The minimum atomic E-state index is -2.54. The van der Waals surface area contributed by atoms with Crippen molar-refractivity contribution in [2.24, 2.45) is 0 Å². The van der Waals surface area contributed by atoms with E-state index >= 15 is 0 Å². The Hall–Kier alpha value is -2.83. The van der Waals surface area contributed by atoms with E-state index in [1.807, 2.05) is 12.1 Å². The van der Waals surface area contributed by atoms with Crippen LogP contribution in [0, 0.1) is 6.92 Å². The van der Waals surface area contributed by atoms with E-state index in [4.69, 9.17) is 4.74 Å². The first-order chi connectivity index (χ1) is 14.0. The van der Waals surface area contributed by atoms with Crippen molar-refractivity contribution in [3.63, 3.8) is 0 Å². The Labute approximate surface area is 169 Å². The first-order valence-electron chi connectivity index (χ1n) is 9.74. The number of aryl methyl sites for hydroxylation is 1. The third-order valence-corrected chi connectivity index (χ3v) is 5.09. The second-order valence-corrected chi connectivity index (χ2v) is 7.11. The predicted molar refractivity (Wildman–Crippen MR) is 107 cm³/mol. The van der Waals surface area contributed by atoms with Crippen LogP contribution in [0.25, 0.3) is 5.70 Å². The van der Waals surface area contributed by atoms with E-state index in [1.54, 1.807) is 19.3 Å². The van der Waals surface area contributed by atoms with E-state index in [2.05, 4.69) is 34.8 Å². The summed E-state index contributed by atoms with van der Waals surface area (Å²) < 4.78 is 29.9. The molecule has 3 rings (SSSR count). The lowest BCUT2D eigenvalue weighted by Gasteiger charge is -2.29. The lowest BCUT2D eigenvalue weighted by Crippen LogP contribution is -2.21. The van der Waals surface area contributed by atoms with Crippen LogP contribution in [-0.4, -0.2) is 34.2 Å². The lowest BCUT2D eigenvalue weighted by atomic mass is 10.1. The van der Waals surface area contributed by atoms with Crippen molar-refractivity contribution < 1.29 is 18.3 Å². The minimum absolute atomic E-state index is 0.0274. The molecule has 1 aliphatic rings. The lowest BCUT2D eigenvalue weighted by molar-refractivity contribution is 0.0792. The Bertz CT molecular complexity index is 915. The molecule has 0 bridgehead atoms. The van der Waals surface area contributed by atoms with Gasteiger partial charge in [0.1, 0.15) is 5.69 Å². The highest BCUT2D eigenvalue weighted by Crippen LogP contribution is 2.40. The van der Waals surface area contributed by atoms with Gasteiger partial charge in [-0.2, -0.15) is 0 Å². The highest BCUT2D eigenvalue weighted by Gasteiger charge is 2.30. The maximum atomic E-state index is 12.4. The van der Waals surface area contributed by atoms with Crippen LogP contribution in [0.15, 0.2) is 30.6 Å². The van der Waals surface area contributed by atoms with Crippen LogP contribution in [0.2, 0.25) is 0 Å². The number of ether oxygens (including phenoxy) is 1. The van der Waals surface area contributed by atoms with Crippen molar-refractivity contribution in [1.29, 1.82) is 0 Å². The molecular weight excluding hydrogens is 376 g/mol. The molecule has 0 N–H and O–H groups in total. The molecule has 0 aliphatic carbocycles. The van der Waals surface area contributed by atoms with Gasteiger partial charge in [-0.1, -0.05) is 19.4 Å². The number of carbonyl (C=O) groups is 1. The maximum Gasteiger partial charge on any atom is 0.272 e. The number of hydrogen-bond acceptors (Lipinski definition) is 5. The number of fused-ring (bicyclic) bond motifs is 1. The zero-order chi connectivity index (χ0) is 21.0. The van der Waals surface area contributed by atoms with Gasteiger partial charge in [0, 0.05) is 41.3 Å². The molecule has 0 saturated carbocycles. The summed E-state index contributed by atoms with van der Waals surface area (Å²) in [5.41, 5.74) is 5.16. The Kier molecular flexibility index (Phi) is 6.56. The van der Waals surface area contributed by atoms with Crippen molar-refractivity contribution >= 4 is 12.0 Å². The number of nitrogens with zero attached hydrogens (tertiary/aromatic N) is 3. The van der Waals surface area contributed by atoms with Crippen LogP contribution < -0.4 is 4.74 Å². The summed E-state index contributed by atoms with van der Waals surface area (Å²) in [6.07, 6.45) is 5.72. The smallest absolute Gasteiger partial charge is 0.272 e. The summed E-state index contributed by atoms with van der Waals surface area (Å²) in [6.45, 7) is 5.89. The molecule has 0 aromatic carbocycles. The second kappa shape index (κ2) is 9.11. The molecule has 3 heterocycles. The molecule has 0 fully saturated rings. The predicted octanol–water partition coefficient (Wildman–Crippen LogP) is 4.96. The number of alkyl halides is 2. The SMILES string of the molecule is CCC/C=C1\c2ccnc(C=O)c2CN1C(C)c1cnc(OCC(F)F)c(C)c1. The number of halogens is 2. The average Bonchev–Trinajstić information content (AvgIpc) is 3.09. The van der Waals surface area contributed by atoms with Gasteiger partial charge in [-0.05, 0) is 38.0 Å². The first kappa shape index (κ1) is 20.9. The van der Waals surface area contributed by atoms with Crippen LogP contribution >= 0.6 is 0 Å². The van der Waals surface area contributed by atoms with Crippen LogP contribution in [0.3, 0.4) is 0 Å². The van der Waals surface area contributed by atoms with Crippen LogP contribution in [0.1, 0.15) is 65.5 Å². The molecule has 2 aromatic rings. The summed E-state index contributed by atoms with van der Waals surface area (Å²) in [6, 6.07) is 3.83. The number of rotatable bonds is 8. The van der Waals surface area contributed by atoms with Crippen molar-refractivity contribution in [1.82, 2.24) is 14.9 Å². The maximum absolute atomic E-state index is 12.4. The van der Waals surface area contributed by atoms with Gasteiger partial charge in [-0.15, -0.1) is 0 Å². The standard InChI is InChI=1S/C22H25F2N3O2/c1-4-5-6-20-17-7-8-25-19(12-28)18(17)11-27(20)15(3)16-9-14(2)22(26-10-16)29-13-21(23)24/h6-10,12,15,21H,4-5,11,13H2,1-3H3/b20-6+. The molecule has 2 aromatic heterocycles. The van der Waals surface area contributed by atoms with Crippen molar-refractivity contribution in [2.75, 3.05) is 6.61 Å². The average molecular weight is 401 g/mol. The van der Waals surface area contributed by atoms with E-state index in [0.717, 1.165) is 41.5 Å². The Morgan fingerprint density at radius 2 is 2.14 bits per heavy atom. The zero-order valence-corrected chi connectivity index (χ0v) is 16.9. The number of allylic oxidation sites excluding steroid dienone is 1. The summed E-state index contributed by atoms with van der Waals surface area (Å²) in [5, 5.41) is 0. The summed E-state index contributed by atoms with van der Waals surface area (Å²) in [4.78, 5) is 22.1. The highest BCUT2D eigenvalue weighted by atomic mass is 19.3. The van der Waals surface area contributed by atoms with E-state index in [1.165, 1.54) is 0 Å². The molecule has 1 atom stereocenters. The van der Waals surface area contributed by atoms with E-state index in [-0.39, 0.29) is 11.9 Å². The Morgan fingerprint density at radius 1 is 1.34 bits per heavy atom. The van der Waals surface area contributed by atoms with Crippen molar-refractivity contribution in [3.05, 3.63) is 58.6 Å². The van der Waals surface area contributed by atoms with Gasteiger partial charge >= 0.3 is 0 Å². The molecule has 5 nitrogen and oxygen atoms in total. The fourth-order valence-electron chi connectivity index (χ4n) is 3.57. The Balaban J connectivity index is 1.90. The van der Waals surface area contributed by atoms with Crippen molar-refractivity contribution in [2.45, 2.75) is 52.6 Å². The molecule has 0 amide bonds. The summed E-state index contributed by atoms with van der Waals surface area (Å²) in [5.74, 6) is 0.222. The number of pyridine rings is 2. The van der Waals surface area contributed by atoms with E-state index in [0.29, 0.717) is 17.8 Å². The van der Waals surface area contributed by atoms with Gasteiger partial charge in [0.15, 0.2) is 12.9 Å². The number of aromatic nitrogens is 2. The topological polar surface area (TPSA) is 55.3 Å². The highest BCUT2D eigenvalue weighted by molar-refractivity contribution is 5.81. The monoisotopic (exact) mass is 401 g/mol. The van der Waals surface area contributed by atoms with E-state index < -0.39 is 13.0 Å². The van der Waals surface area contributed by atoms with Crippen molar-refractivity contribution in [3.8, 4) is 5.88 Å². The molecule has 1 aliphatic heterocycles. The van der Waals surface area contributed by atoms with Gasteiger partial charge in [0.05, 0.1) is 6.04 Å². The number of hydrogen-bond donors (Lipinski definition) is 0. The third-order valence-electron chi connectivity index (χ3n) is 5.09. The molecule has 154 valence electrons. The zero-order valence-electron chi connectivity index (χ0n) is 16.9. The van der Waals surface area contributed by atoms with Gasteiger partial charge < -0.3 is 9.64 Å². The number of carbonyl (C=O) groups excluding carboxylic acids is 1. The van der Waals surface area contributed by atoms with Gasteiger partial charge in [-0.25, -0.2) is 13.8 Å². The van der Waals surface area contributed by atoms with Crippen LogP contribution in [0.5, 0.6) is 5.88 Å². The Morgan fingerprint density at radius 3 is 2.79 bits per heavy atom. The molecular formula is C22H25F2N3O2. The second-order valence-electron chi connectivity index (χ2n) is 7.11. The molecule has 0 radical (unpaired) electrons. The van der Waals surface area contributed by atoms with Crippen LogP contribution in [0.4, 0.5) is 8.78 Å². The van der Waals surface area contributed by atoms with Gasteiger partial charge in [0.25, 0.3) is 6.43 Å². The summed E-state index contributed by atoms with van der Waals surface area (Å²) in [7, 11) is 0. The minimum Gasteiger partial charge on any atom is -0.471 e. The van der Waals surface area contributed by atoms with Crippen LogP contribution in [-0.2, 0) is 6.54 Å². The number of unbranched alkanes of at least 4 members (excludes halogenated alkanes) is 1. The fraction of sp³-hybridized carbons (Fsp3) is 0.409. The number of aldehydes is 1. The fourth-order valence-corrected chi connectivity index (χ4v) is 3.57. The first-order valence-corrected chi connectivity index (χ1v) is 9.74. The molecule has 7 heteroatoms. The van der Waals surface area contributed by atoms with E-state index in [9.17, 15) is 13.6 Å². The molecule has 1 unspecified atom stereocenters. The summed E-state index contributed by atoms with van der Waals surface area (Å²) >= 11 is 0. The van der Waals surface area contributed by atoms with Gasteiger partial charge in [-0.3, -0.25) is 9.78 Å². The quantitative estimate of drug-likeness (QED) is 0.585. The largest absolute Gasteiger partial charge is 0.471 e.